The summed E-state index contributed by atoms with van der Waals surface area (Å²) in [5.41, 5.74) is 9.27. The Balaban J connectivity index is 1.31. The molecular formula is C24H27N9O2. The summed E-state index contributed by atoms with van der Waals surface area (Å²) in [6.45, 7) is 1.98. The second-order valence-corrected chi connectivity index (χ2v) is 10.8. The minimum atomic E-state index is -0.402. The molecule has 3 N–H and O–H groups in total. The zero-order valence-corrected chi connectivity index (χ0v) is 19.7. The fraction of sp³-hybridized carbons (Fsp3) is 0.500. The van der Waals surface area contributed by atoms with Crippen LogP contribution in [0.1, 0.15) is 43.7 Å². The van der Waals surface area contributed by atoms with Crippen molar-refractivity contribution < 1.29 is 4.79 Å². The van der Waals surface area contributed by atoms with E-state index in [9.17, 15) is 9.59 Å². The molecule has 2 atom stereocenters. The van der Waals surface area contributed by atoms with Gasteiger partial charge in [0.2, 0.25) is 11.9 Å². The maximum absolute atomic E-state index is 13.5. The van der Waals surface area contributed by atoms with E-state index in [1.807, 2.05) is 23.8 Å². The number of hydrogen-bond donors (Lipinski definition) is 2. The number of fused-ring (bicyclic) bond motifs is 2. The van der Waals surface area contributed by atoms with Gasteiger partial charge in [0.05, 0.1) is 18.1 Å². The van der Waals surface area contributed by atoms with Crippen LogP contribution >= 0.6 is 0 Å². The summed E-state index contributed by atoms with van der Waals surface area (Å²) in [6, 6.07) is 1.96. The highest BCUT2D eigenvalue weighted by atomic mass is 16.2. The third kappa shape index (κ3) is 2.83. The van der Waals surface area contributed by atoms with Crippen molar-refractivity contribution in [2.45, 2.75) is 45.1 Å². The summed E-state index contributed by atoms with van der Waals surface area (Å²) in [5, 5.41) is 7.50. The van der Waals surface area contributed by atoms with Gasteiger partial charge < -0.3 is 11.1 Å². The number of nitrogens with one attached hydrogen (secondary N) is 1. The van der Waals surface area contributed by atoms with Gasteiger partial charge in [-0.2, -0.15) is 10.1 Å². The molecule has 4 saturated carbocycles. The molecule has 2 unspecified atom stereocenters. The normalized spacial score (nSPS) is 29.3. The van der Waals surface area contributed by atoms with Gasteiger partial charge in [-0.15, -0.1) is 0 Å². The SMILES string of the molecule is Cc1cc2ncnn2cc1Nc1ncc2c(n1)n(C1C3CC4CC1CC(C(N)=O)(C4)C3)c(=O)n2C. The number of nitrogens with zero attached hydrogens (tertiary/aromatic N) is 7. The fourth-order valence-corrected chi connectivity index (χ4v) is 7.39. The number of aromatic nitrogens is 7. The standard InChI is InChI=1S/C24H27N9O2/c1-12-3-18-27-11-28-32(18)10-16(12)29-22-26-9-17-20(30-22)33(23(35)31(17)2)19-14-4-13-5-15(19)8-24(6-13,7-14)21(25)34/h3,9-11,13-15,19H,4-8H2,1-2H3,(H2,25,34)(H,26,29,30). The van der Waals surface area contributed by atoms with Crippen LogP contribution in [0.2, 0.25) is 0 Å². The van der Waals surface area contributed by atoms with Crippen LogP contribution in [0.4, 0.5) is 11.6 Å². The van der Waals surface area contributed by atoms with Gasteiger partial charge in [0.15, 0.2) is 11.3 Å². The van der Waals surface area contributed by atoms with Gasteiger partial charge in [0, 0.05) is 18.5 Å². The van der Waals surface area contributed by atoms with Crippen molar-refractivity contribution in [1.82, 2.24) is 33.7 Å². The maximum atomic E-state index is 13.5. The van der Waals surface area contributed by atoms with Crippen LogP contribution in [0, 0.1) is 30.1 Å². The number of hydrogen-bond acceptors (Lipinski definition) is 7. The molecule has 0 radical (unpaired) electrons. The molecule has 11 nitrogen and oxygen atoms in total. The van der Waals surface area contributed by atoms with Crippen molar-refractivity contribution in [2.24, 2.45) is 36.0 Å². The predicted molar refractivity (Wildman–Crippen MR) is 128 cm³/mol. The molecule has 1 amide bonds. The fourth-order valence-electron chi connectivity index (χ4n) is 7.39. The van der Waals surface area contributed by atoms with Crippen LogP contribution in [0.3, 0.4) is 0 Å². The average molecular weight is 474 g/mol. The van der Waals surface area contributed by atoms with E-state index < -0.39 is 5.41 Å². The Morgan fingerprint density at radius 1 is 1.20 bits per heavy atom. The Labute approximate surface area is 200 Å². The molecule has 0 aromatic carbocycles. The van der Waals surface area contributed by atoms with Gasteiger partial charge in [-0.3, -0.25) is 13.9 Å². The van der Waals surface area contributed by atoms with Gasteiger partial charge in [-0.25, -0.2) is 19.3 Å². The van der Waals surface area contributed by atoms with Gasteiger partial charge >= 0.3 is 5.69 Å². The van der Waals surface area contributed by atoms with Crippen LogP contribution in [-0.2, 0) is 11.8 Å². The first-order valence-electron chi connectivity index (χ1n) is 12.1. The van der Waals surface area contributed by atoms with Gasteiger partial charge in [-0.1, -0.05) is 0 Å². The van der Waals surface area contributed by atoms with E-state index in [4.69, 9.17) is 10.7 Å². The second-order valence-electron chi connectivity index (χ2n) is 10.8. The number of carbonyl (C=O) groups is 1. The highest BCUT2D eigenvalue weighted by Crippen LogP contribution is 2.63. The van der Waals surface area contributed by atoms with Crippen LogP contribution in [-0.4, -0.2) is 39.6 Å². The van der Waals surface area contributed by atoms with E-state index in [0.717, 1.165) is 49.0 Å². The van der Waals surface area contributed by atoms with Gasteiger partial charge in [0.25, 0.3) is 0 Å². The number of carbonyl (C=O) groups excluding carboxylic acids is 1. The molecule has 0 aliphatic heterocycles. The summed E-state index contributed by atoms with van der Waals surface area (Å²) in [7, 11) is 1.77. The number of aryl methyl sites for hydroxylation is 2. The van der Waals surface area contributed by atoms with Gasteiger partial charge in [-0.05, 0) is 68.4 Å². The first-order chi connectivity index (χ1) is 16.8. The maximum Gasteiger partial charge on any atom is 0.330 e. The summed E-state index contributed by atoms with van der Waals surface area (Å²) >= 11 is 0. The van der Waals surface area contributed by atoms with Crippen LogP contribution < -0.4 is 16.7 Å². The summed E-state index contributed by atoms with van der Waals surface area (Å²) < 4.78 is 5.19. The number of pyridine rings is 1. The lowest BCUT2D eigenvalue weighted by Crippen LogP contribution is -2.57. The number of imidazole rings is 1. The minimum Gasteiger partial charge on any atom is -0.369 e. The summed E-state index contributed by atoms with van der Waals surface area (Å²) in [5.74, 6) is 1.26. The quantitative estimate of drug-likeness (QED) is 0.463. The first-order valence-corrected chi connectivity index (χ1v) is 12.1. The summed E-state index contributed by atoms with van der Waals surface area (Å²) in [4.78, 5) is 39.4. The number of primary amides is 1. The van der Waals surface area contributed by atoms with Crippen molar-refractivity contribution >= 4 is 34.4 Å². The van der Waals surface area contributed by atoms with E-state index in [0.29, 0.717) is 23.0 Å². The zero-order chi connectivity index (χ0) is 24.1. The summed E-state index contributed by atoms with van der Waals surface area (Å²) in [6.07, 6.45) is 9.55. The monoisotopic (exact) mass is 473 g/mol. The largest absolute Gasteiger partial charge is 0.369 e. The zero-order valence-electron chi connectivity index (χ0n) is 19.7. The van der Waals surface area contributed by atoms with Crippen LogP contribution in [0.15, 0.2) is 29.6 Å². The topological polar surface area (TPSA) is 138 Å². The van der Waals surface area contributed by atoms with Crippen molar-refractivity contribution in [1.29, 1.82) is 0 Å². The lowest BCUT2D eigenvalue weighted by molar-refractivity contribution is -0.148. The highest BCUT2D eigenvalue weighted by molar-refractivity contribution is 5.81. The first kappa shape index (κ1) is 20.6. The van der Waals surface area contributed by atoms with E-state index >= 15 is 0 Å². The Morgan fingerprint density at radius 3 is 2.71 bits per heavy atom. The number of anilines is 2. The molecular weight excluding hydrogens is 446 g/mol. The number of amides is 1. The molecule has 11 heteroatoms. The van der Waals surface area contributed by atoms with E-state index in [1.54, 1.807) is 22.3 Å². The molecule has 4 aromatic heterocycles. The molecule has 35 heavy (non-hydrogen) atoms. The lowest BCUT2D eigenvalue weighted by Gasteiger charge is -2.58. The smallest absolute Gasteiger partial charge is 0.330 e. The lowest BCUT2D eigenvalue weighted by atomic mass is 9.47. The van der Waals surface area contributed by atoms with Crippen molar-refractivity contribution in [3.05, 3.63) is 40.8 Å². The molecule has 0 saturated heterocycles. The Morgan fingerprint density at radius 2 is 1.97 bits per heavy atom. The third-order valence-corrected chi connectivity index (χ3v) is 8.75. The Bertz CT molecular complexity index is 1570. The van der Waals surface area contributed by atoms with Crippen molar-refractivity contribution in [3.63, 3.8) is 0 Å². The minimum absolute atomic E-state index is 0.0196. The second kappa shape index (κ2) is 6.89. The molecule has 4 bridgehead atoms. The molecule has 4 aliphatic rings. The van der Waals surface area contributed by atoms with E-state index in [1.165, 1.54) is 6.33 Å². The average Bonchev–Trinajstić information content (AvgIpc) is 3.36. The highest BCUT2D eigenvalue weighted by Gasteiger charge is 2.58. The predicted octanol–water partition coefficient (Wildman–Crippen LogP) is 2.08. The molecule has 0 spiro atoms. The molecule has 8 rings (SSSR count). The van der Waals surface area contributed by atoms with E-state index in [-0.39, 0.29) is 29.5 Å². The van der Waals surface area contributed by atoms with Gasteiger partial charge in [0.1, 0.15) is 11.8 Å². The van der Waals surface area contributed by atoms with Crippen LogP contribution in [0.25, 0.3) is 16.8 Å². The number of rotatable bonds is 4. The Hall–Kier alpha value is -3.76. The Kier molecular flexibility index (Phi) is 4.06. The number of nitrogens with two attached hydrogens (primary N) is 1. The van der Waals surface area contributed by atoms with Crippen molar-refractivity contribution in [2.75, 3.05) is 5.32 Å². The van der Waals surface area contributed by atoms with E-state index in [2.05, 4.69) is 20.4 Å². The van der Waals surface area contributed by atoms with Crippen molar-refractivity contribution in [3.8, 4) is 0 Å². The molecule has 180 valence electrons. The molecule has 4 fully saturated rings. The molecule has 4 aliphatic carbocycles. The molecule has 4 aromatic rings. The third-order valence-electron chi connectivity index (χ3n) is 8.75. The van der Waals surface area contributed by atoms with Crippen LogP contribution in [0.5, 0.6) is 0 Å². The molecule has 4 heterocycles.